The number of ether oxygens (including phenoxy) is 3. The third-order valence-corrected chi connectivity index (χ3v) is 1.30. The molecule has 15 heavy (non-hydrogen) atoms. The molecule has 0 fully saturated rings. The van der Waals surface area contributed by atoms with Crippen LogP contribution in [0.15, 0.2) is 11.6 Å². The van der Waals surface area contributed by atoms with Crippen molar-refractivity contribution < 1.29 is 23.8 Å². The van der Waals surface area contributed by atoms with Crippen molar-refractivity contribution in [3.8, 4) is 11.8 Å². The second-order valence-corrected chi connectivity index (χ2v) is 2.39. The summed E-state index contributed by atoms with van der Waals surface area (Å²) < 4.78 is 13.1. The molecule has 0 saturated heterocycles. The van der Waals surface area contributed by atoms with E-state index < -0.39 is 12.1 Å². The molecule has 0 aliphatic carbocycles. The van der Waals surface area contributed by atoms with Gasteiger partial charge in [0.2, 0.25) is 0 Å². The van der Waals surface area contributed by atoms with E-state index in [9.17, 15) is 9.59 Å². The number of esters is 1. The van der Waals surface area contributed by atoms with Gasteiger partial charge in [0.15, 0.2) is 0 Å². The molecule has 0 aromatic carbocycles. The Hall–Kier alpha value is -1.96. The Morgan fingerprint density at radius 3 is 2.40 bits per heavy atom. The van der Waals surface area contributed by atoms with Gasteiger partial charge in [0.05, 0.1) is 14.2 Å². The zero-order chi connectivity index (χ0) is 11.7. The van der Waals surface area contributed by atoms with E-state index in [-0.39, 0.29) is 6.61 Å². The summed E-state index contributed by atoms with van der Waals surface area (Å²) in [4.78, 5) is 21.1. The summed E-state index contributed by atoms with van der Waals surface area (Å²) in [5, 5.41) is 0. The van der Waals surface area contributed by atoms with Crippen LogP contribution < -0.4 is 0 Å². The Bertz CT molecular complexity index is 318. The summed E-state index contributed by atoms with van der Waals surface area (Å²) in [5.74, 6) is 4.15. The van der Waals surface area contributed by atoms with E-state index in [0.717, 1.165) is 0 Å². The van der Waals surface area contributed by atoms with E-state index in [1.54, 1.807) is 13.0 Å². The second kappa shape index (κ2) is 7.44. The van der Waals surface area contributed by atoms with Gasteiger partial charge in [0.1, 0.15) is 6.61 Å². The number of hydrogen-bond acceptors (Lipinski definition) is 5. The lowest BCUT2D eigenvalue weighted by Crippen LogP contribution is -2.03. The summed E-state index contributed by atoms with van der Waals surface area (Å²) in [5.41, 5.74) is 0.601. The lowest BCUT2D eigenvalue weighted by Gasteiger charge is -1.97. The van der Waals surface area contributed by atoms with Gasteiger partial charge in [0.25, 0.3) is 0 Å². The van der Waals surface area contributed by atoms with Crippen LogP contribution in [-0.4, -0.2) is 33.0 Å². The highest BCUT2D eigenvalue weighted by Crippen LogP contribution is 1.91. The Balaban J connectivity index is 4.03. The molecule has 0 aromatic rings. The molecule has 0 bridgehead atoms. The summed E-state index contributed by atoms with van der Waals surface area (Å²) in [7, 11) is 2.46. The van der Waals surface area contributed by atoms with Crippen molar-refractivity contribution in [2.75, 3.05) is 20.8 Å². The maximum Gasteiger partial charge on any atom is 0.508 e. The van der Waals surface area contributed by atoms with Crippen molar-refractivity contribution in [3.63, 3.8) is 0 Å². The van der Waals surface area contributed by atoms with Gasteiger partial charge in [-0.25, -0.2) is 9.59 Å². The quantitative estimate of drug-likeness (QED) is 0.386. The van der Waals surface area contributed by atoms with Crippen molar-refractivity contribution in [3.05, 3.63) is 11.6 Å². The van der Waals surface area contributed by atoms with Crippen LogP contribution in [0, 0.1) is 11.8 Å². The summed E-state index contributed by atoms with van der Waals surface area (Å²) in [6, 6.07) is 0. The average Bonchev–Trinajstić information content (AvgIpc) is 2.25. The molecule has 0 spiro atoms. The summed E-state index contributed by atoms with van der Waals surface area (Å²) >= 11 is 0. The third kappa shape index (κ3) is 7.14. The van der Waals surface area contributed by atoms with Crippen molar-refractivity contribution in [2.45, 2.75) is 6.92 Å². The Morgan fingerprint density at radius 1 is 1.20 bits per heavy atom. The summed E-state index contributed by atoms with van der Waals surface area (Å²) in [6.07, 6.45) is 0.785. The van der Waals surface area contributed by atoms with Gasteiger partial charge in [-0.05, 0) is 18.6 Å². The van der Waals surface area contributed by atoms with E-state index in [0.29, 0.717) is 5.57 Å². The highest BCUT2D eigenvalue weighted by molar-refractivity contribution is 5.88. The Morgan fingerprint density at radius 2 is 1.87 bits per heavy atom. The van der Waals surface area contributed by atoms with Crippen LogP contribution >= 0.6 is 0 Å². The predicted octanol–water partition coefficient (Wildman–Crippen LogP) is 0.892. The fraction of sp³-hybridized carbons (Fsp3) is 0.400. The van der Waals surface area contributed by atoms with Gasteiger partial charge < -0.3 is 14.2 Å². The maximum absolute atomic E-state index is 10.6. The highest BCUT2D eigenvalue weighted by atomic mass is 16.7. The third-order valence-electron chi connectivity index (χ3n) is 1.30. The van der Waals surface area contributed by atoms with Gasteiger partial charge >= 0.3 is 12.1 Å². The molecule has 0 aromatic heterocycles. The van der Waals surface area contributed by atoms with Crippen LogP contribution in [-0.2, 0) is 19.0 Å². The first-order valence-corrected chi connectivity index (χ1v) is 4.07. The number of hydrogen-bond donors (Lipinski definition) is 0. The minimum atomic E-state index is -0.764. The zero-order valence-corrected chi connectivity index (χ0v) is 8.83. The second-order valence-electron chi connectivity index (χ2n) is 2.39. The predicted molar refractivity (Wildman–Crippen MR) is 51.9 cm³/mol. The molecule has 0 N–H and O–H groups in total. The highest BCUT2D eigenvalue weighted by Gasteiger charge is 1.96. The van der Waals surface area contributed by atoms with Gasteiger partial charge in [-0.3, -0.25) is 0 Å². The maximum atomic E-state index is 10.6. The van der Waals surface area contributed by atoms with Gasteiger partial charge in [-0.1, -0.05) is 5.92 Å². The standard InChI is InChI=1S/C10H12O5/c1-8(4-5-9(11)13-2)6-7-15-10(12)14-3/h6H,7H2,1-3H3/b8-6-. The van der Waals surface area contributed by atoms with Crippen molar-refractivity contribution in [2.24, 2.45) is 0 Å². The Kier molecular flexibility index (Phi) is 6.47. The van der Waals surface area contributed by atoms with Crippen LogP contribution in [0.25, 0.3) is 0 Å². The lowest BCUT2D eigenvalue weighted by atomic mass is 10.3. The molecule has 0 atom stereocenters. The summed E-state index contributed by atoms with van der Waals surface area (Å²) in [6.45, 7) is 1.73. The molecular formula is C10H12O5. The number of carbonyl (C=O) groups is 2. The fourth-order valence-electron chi connectivity index (χ4n) is 0.545. The molecule has 0 rings (SSSR count). The van der Waals surface area contributed by atoms with E-state index in [1.807, 2.05) is 0 Å². The van der Waals surface area contributed by atoms with E-state index in [4.69, 9.17) is 0 Å². The number of allylic oxidation sites excluding steroid dienone is 1. The molecule has 0 heterocycles. The van der Waals surface area contributed by atoms with Crippen LogP contribution in [0.3, 0.4) is 0 Å². The Labute approximate surface area is 88.0 Å². The lowest BCUT2D eigenvalue weighted by molar-refractivity contribution is -0.133. The minimum absolute atomic E-state index is 0.0500. The average molecular weight is 212 g/mol. The first-order valence-electron chi connectivity index (χ1n) is 4.07. The zero-order valence-electron chi connectivity index (χ0n) is 8.83. The van der Waals surface area contributed by atoms with Crippen LogP contribution in [0.1, 0.15) is 6.92 Å². The normalized spacial score (nSPS) is 9.67. The number of rotatable bonds is 2. The monoisotopic (exact) mass is 212 g/mol. The number of methoxy groups -OCH3 is 2. The van der Waals surface area contributed by atoms with Crippen molar-refractivity contribution in [1.29, 1.82) is 0 Å². The molecule has 82 valence electrons. The van der Waals surface area contributed by atoms with Gasteiger partial charge in [0, 0.05) is 5.92 Å². The molecule has 5 heteroatoms. The molecule has 0 amide bonds. The molecule has 0 aliphatic rings. The minimum Gasteiger partial charge on any atom is -0.459 e. The molecule has 0 radical (unpaired) electrons. The fourth-order valence-corrected chi connectivity index (χ4v) is 0.545. The first-order chi connectivity index (χ1) is 7.10. The van der Waals surface area contributed by atoms with Gasteiger partial charge in [-0.15, -0.1) is 0 Å². The van der Waals surface area contributed by atoms with E-state index >= 15 is 0 Å². The molecule has 5 nitrogen and oxygen atoms in total. The molecule has 0 aliphatic heterocycles. The van der Waals surface area contributed by atoms with E-state index in [2.05, 4.69) is 26.1 Å². The topological polar surface area (TPSA) is 61.8 Å². The largest absolute Gasteiger partial charge is 0.508 e. The van der Waals surface area contributed by atoms with Crippen LogP contribution in [0.5, 0.6) is 0 Å². The molecule has 0 unspecified atom stereocenters. The van der Waals surface area contributed by atoms with Gasteiger partial charge in [-0.2, -0.15) is 0 Å². The number of carbonyl (C=O) groups excluding carboxylic acids is 2. The molecular weight excluding hydrogens is 200 g/mol. The first kappa shape index (κ1) is 13.0. The smallest absolute Gasteiger partial charge is 0.459 e. The van der Waals surface area contributed by atoms with Crippen molar-refractivity contribution >= 4 is 12.1 Å². The van der Waals surface area contributed by atoms with Crippen molar-refractivity contribution in [1.82, 2.24) is 0 Å². The van der Waals surface area contributed by atoms with Crippen LogP contribution in [0.2, 0.25) is 0 Å². The van der Waals surface area contributed by atoms with Crippen LogP contribution in [0.4, 0.5) is 4.79 Å². The SMILES string of the molecule is COC(=O)C#C/C(C)=C\COC(=O)OC. The van der Waals surface area contributed by atoms with E-state index in [1.165, 1.54) is 14.2 Å². The molecule has 0 saturated carbocycles.